The van der Waals surface area contributed by atoms with E-state index in [1.807, 2.05) is 48.5 Å². The predicted octanol–water partition coefficient (Wildman–Crippen LogP) is 4.99. The van der Waals surface area contributed by atoms with Crippen molar-refractivity contribution in [2.24, 2.45) is 10.1 Å². The molecule has 10 heteroatoms. The molecule has 0 spiro atoms. The molecular formula is C29H31N5O5. The topological polar surface area (TPSA) is 129 Å². The normalized spacial score (nSPS) is 17.9. The van der Waals surface area contributed by atoms with Crippen molar-refractivity contribution in [3.63, 3.8) is 0 Å². The number of amides is 1. The Kier molecular flexibility index (Phi) is 8.70. The Morgan fingerprint density at radius 1 is 1.13 bits per heavy atom. The van der Waals surface area contributed by atoms with Gasteiger partial charge in [-0.2, -0.15) is 0 Å². The van der Waals surface area contributed by atoms with E-state index in [2.05, 4.69) is 10.0 Å². The third-order valence-corrected chi connectivity index (χ3v) is 6.41. The number of rotatable bonds is 11. The lowest BCUT2D eigenvalue weighted by atomic mass is 9.81. The highest BCUT2D eigenvalue weighted by molar-refractivity contribution is 6.01. The van der Waals surface area contributed by atoms with Gasteiger partial charge in [0.25, 0.3) is 5.91 Å². The zero-order chi connectivity index (χ0) is 27.8. The maximum Gasteiger partial charge on any atom is 0.254 e. The van der Waals surface area contributed by atoms with Crippen LogP contribution >= 0.6 is 0 Å². The van der Waals surface area contributed by atoms with Crippen molar-refractivity contribution >= 4 is 17.5 Å². The highest BCUT2D eigenvalue weighted by atomic mass is 16.5. The quantitative estimate of drug-likeness (QED) is 0.162. The molecule has 0 bridgehead atoms. The van der Waals surface area contributed by atoms with Crippen LogP contribution in [0.4, 0.5) is 5.69 Å². The smallest absolute Gasteiger partial charge is 0.254 e. The van der Waals surface area contributed by atoms with Crippen molar-refractivity contribution in [3.05, 3.63) is 99.9 Å². The molecule has 39 heavy (non-hydrogen) atoms. The van der Waals surface area contributed by atoms with Gasteiger partial charge in [-0.3, -0.25) is 4.79 Å². The molecule has 0 fully saturated rings. The van der Waals surface area contributed by atoms with Gasteiger partial charge in [0, 0.05) is 49.7 Å². The average molecular weight is 530 g/mol. The van der Waals surface area contributed by atoms with Gasteiger partial charge in [-0.25, -0.2) is 4.99 Å². The number of carbonyl (C=O) groups is 1. The SMILES string of the molecule is COc1cccc([C@H]2OC(c3ccc(OCCCO)cc3)=N[C@@]2(Cc2ccccc2N=[N+]=[N-])C(=O)N(C)C)c1. The van der Waals surface area contributed by atoms with Crippen LogP contribution in [0.3, 0.4) is 0 Å². The highest BCUT2D eigenvalue weighted by Gasteiger charge is 2.54. The summed E-state index contributed by atoms with van der Waals surface area (Å²) in [6, 6.07) is 21.7. The van der Waals surface area contributed by atoms with Gasteiger partial charge in [0.2, 0.25) is 5.90 Å². The number of ether oxygens (including phenoxy) is 3. The molecule has 2 atom stereocenters. The van der Waals surface area contributed by atoms with Crippen LogP contribution in [0, 0.1) is 0 Å². The summed E-state index contributed by atoms with van der Waals surface area (Å²) in [7, 11) is 4.94. The molecule has 0 aromatic heterocycles. The van der Waals surface area contributed by atoms with Crippen LogP contribution < -0.4 is 9.47 Å². The molecule has 1 amide bonds. The summed E-state index contributed by atoms with van der Waals surface area (Å²) in [5, 5.41) is 12.8. The maximum atomic E-state index is 14.0. The zero-order valence-electron chi connectivity index (χ0n) is 22.2. The molecule has 0 saturated carbocycles. The highest BCUT2D eigenvalue weighted by Crippen LogP contribution is 2.45. The van der Waals surface area contributed by atoms with Gasteiger partial charge < -0.3 is 24.2 Å². The van der Waals surface area contributed by atoms with Crippen LogP contribution in [0.2, 0.25) is 0 Å². The van der Waals surface area contributed by atoms with Crippen LogP contribution in [0.1, 0.15) is 29.2 Å². The minimum atomic E-state index is -1.40. The van der Waals surface area contributed by atoms with Gasteiger partial charge in [-0.15, -0.1) is 0 Å². The van der Waals surface area contributed by atoms with E-state index in [1.165, 1.54) is 4.90 Å². The predicted molar refractivity (Wildman–Crippen MR) is 147 cm³/mol. The Labute approximate surface area is 227 Å². The first-order valence-electron chi connectivity index (χ1n) is 12.5. The lowest BCUT2D eigenvalue weighted by molar-refractivity contribution is -0.137. The number of aliphatic hydroxyl groups excluding tert-OH is 1. The number of benzene rings is 3. The second kappa shape index (κ2) is 12.3. The third kappa shape index (κ3) is 5.98. The molecule has 10 nitrogen and oxygen atoms in total. The average Bonchev–Trinajstić information content (AvgIpc) is 3.34. The minimum absolute atomic E-state index is 0.0547. The number of likely N-dealkylation sites (N-methyl/N-ethyl adjacent to an activating group) is 1. The first kappa shape index (κ1) is 27.5. The summed E-state index contributed by atoms with van der Waals surface area (Å²) < 4.78 is 17.6. The fourth-order valence-electron chi connectivity index (χ4n) is 4.56. The third-order valence-electron chi connectivity index (χ3n) is 6.41. The molecule has 1 aliphatic rings. The number of methoxy groups -OCH3 is 1. The van der Waals surface area contributed by atoms with E-state index in [0.717, 1.165) is 0 Å². The molecule has 0 saturated heterocycles. The maximum absolute atomic E-state index is 14.0. The largest absolute Gasteiger partial charge is 0.497 e. The van der Waals surface area contributed by atoms with Gasteiger partial charge in [0.05, 0.1) is 13.7 Å². The summed E-state index contributed by atoms with van der Waals surface area (Å²) in [6.07, 6.45) is -0.128. The van der Waals surface area contributed by atoms with E-state index in [-0.39, 0.29) is 18.9 Å². The summed E-state index contributed by atoms with van der Waals surface area (Å²) in [4.78, 5) is 23.5. The van der Waals surface area contributed by atoms with E-state index in [9.17, 15) is 4.79 Å². The standard InChI is InChI=1S/C29H31N5O5/c1-34(2)28(36)29(19-22-8-4-5-11-25(22)32-33-30)26(21-9-6-10-24(18-21)37-3)39-27(31-29)20-12-14-23(15-13-20)38-17-7-16-35/h4-6,8-15,18,26,35H,7,16-17,19H2,1-3H3/t26-,29-/m1/s1. The van der Waals surface area contributed by atoms with Gasteiger partial charge in [-0.05, 0) is 53.1 Å². The Balaban J connectivity index is 1.84. The van der Waals surface area contributed by atoms with Gasteiger partial charge in [0.1, 0.15) is 11.5 Å². The van der Waals surface area contributed by atoms with Crippen LogP contribution in [0.5, 0.6) is 11.5 Å². The Morgan fingerprint density at radius 3 is 2.59 bits per heavy atom. The number of nitrogens with zero attached hydrogens (tertiary/aromatic N) is 5. The second-order valence-corrected chi connectivity index (χ2v) is 9.26. The van der Waals surface area contributed by atoms with Gasteiger partial charge in [0.15, 0.2) is 11.6 Å². The van der Waals surface area contributed by atoms with Crippen LogP contribution in [0.15, 0.2) is 82.9 Å². The molecule has 202 valence electrons. The fourth-order valence-corrected chi connectivity index (χ4v) is 4.56. The van der Waals surface area contributed by atoms with Gasteiger partial charge in [-0.1, -0.05) is 41.5 Å². The van der Waals surface area contributed by atoms with E-state index < -0.39 is 11.6 Å². The molecule has 0 unspecified atom stereocenters. The lowest BCUT2D eigenvalue weighted by Crippen LogP contribution is -2.49. The molecule has 0 radical (unpaired) electrons. The Bertz CT molecular complexity index is 1380. The van der Waals surface area contributed by atoms with Crippen molar-refractivity contribution in [1.82, 2.24) is 4.90 Å². The molecule has 1 aliphatic heterocycles. The molecule has 3 aromatic rings. The van der Waals surface area contributed by atoms with E-state index >= 15 is 0 Å². The van der Waals surface area contributed by atoms with E-state index in [1.54, 1.807) is 45.5 Å². The minimum Gasteiger partial charge on any atom is -0.497 e. The molecule has 1 N–H and O–H groups in total. The summed E-state index contributed by atoms with van der Waals surface area (Å²) >= 11 is 0. The van der Waals surface area contributed by atoms with Crippen LogP contribution in [-0.4, -0.2) is 61.8 Å². The second-order valence-electron chi connectivity index (χ2n) is 9.26. The van der Waals surface area contributed by atoms with Crippen LogP contribution in [0.25, 0.3) is 10.4 Å². The zero-order valence-corrected chi connectivity index (χ0v) is 22.2. The van der Waals surface area contributed by atoms with Crippen molar-refractivity contribution in [2.45, 2.75) is 24.5 Å². The first-order valence-corrected chi connectivity index (χ1v) is 12.5. The molecular weight excluding hydrogens is 498 g/mol. The number of azide groups is 1. The van der Waals surface area contributed by atoms with Gasteiger partial charge >= 0.3 is 0 Å². The number of aliphatic hydroxyl groups is 1. The summed E-state index contributed by atoms with van der Waals surface area (Å²) in [6.45, 7) is 0.454. The van der Waals surface area contributed by atoms with E-state index in [0.29, 0.717) is 52.8 Å². The fraction of sp³-hybridized carbons (Fsp3) is 0.310. The molecule has 1 heterocycles. The van der Waals surface area contributed by atoms with Crippen molar-refractivity contribution in [2.75, 3.05) is 34.4 Å². The Hall–Kier alpha value is -4.53. The lowest BCUT2D eigenvalue weighted by Gasteiger charge is -2.33. The molecule has 3 aromatic carbocycles. The first-order chi connectivity index (χ1) is 18.9. The number of hydrogen-bond donors (Lipinski definition) is 1. The van der Waals surface area contributed by atoms with Crippen molar-refractivity contribution in [3.8, 4) is 11.5 Å². The summed E-state index contributed by atoms with van der Waals surface area (Å²) in [5.41, 5.74) is 10.2. The van der Waals surface area contributed by atoms with E-state index in [4.69, 9.17) is 29.8 Å². The van der Waals surface area contributed by atoms with Crippen LogP contribution in [-0.2, 0) is 16.0 Å². The molecule has 4 rings (SSSR count). The number of aliphatic imine (C=N–C) groups is 1. The van der Waals surface area contributed by atoms with Crippen molar-refractivity contribution < 1.29 is 24.1 Å². The van der Waals surface area contributed by atoms with Crippen molar-refractivity contribution in [1.29, 1.82) is 0 Å². The monoisotopic (exact) mass is 529 g/mol. The molecule has 0 aliphatic carbocycles. The number of hydrogen-bond acceptors (Lipinski definition) is 7. The Morgan fingerprint density at radius 2 is 1.90 bits per heavy atom. The summed E-state index contributed by atoms with van der Waals surface area (Å²) in [5.74, 6) is 1.31. The number of carbonyl (C=O) groups excluding carboxylic acids is 1.